The number of piperazine rings is 1. The first-order chi connectivity index (χ1) is 11.4. The van der Waals surface area contributed by atoms with E-state index in [2.05, 4.69) is 4.90 Å². The first-order valence-corrected chi connectivity index (χ1v) is 9.93. The van der Waals surface area contributed by atoms with Crippen molar-refractivity contribution in [1.82, 2.24) is 9.80 Å². The maximum atomic E-state index is 13.5. The first kappa shape index (κ1) is 17.1. The highest BCUT2D eigenvalue weighted by molar-refractivity contribution is 7.91. The summed E-state index contributed by atoms with van der Waals surface area (Å²) in [7, 11) is -2.89. The Hall–Kier alpha value is -1.73. The second-order valence-electron chi connectivity index (χ2n) is 6.27. The van der Waals surface area contributed by atoms with E-state index in [4.69, 9.17) is 0 Å². The molecule has 1 aromatic rings. The first-order valence-electron chi connectivity index (χ1n) is 8.11. The molecule has 1 atom stereocenters. The van der Waals surface area contributed by atoms with Gasteiger partial charge in [0.1, 0.15) is 5.82 Å². The Morgan fingerprint density at radius 3 is 2.50 bits per heavy atom. The van der Waals surface area contributed by atoms with Crippen LogP contribution in [0.3, 0.4) is 0 Å². The normalized spacial score (nSPS) is 24.5. The number of amides is 1. The van der Waals surface area contributed by atoms with Crippen LogP contribution < -0.4 is 0 Å². The van der Waals surface area contributed by atoms with Gasteiger partial charge < -0.3 is 4.90 Å². The predicted molar refractivity (Wildman–Crippen MR) is 90.6 cm³/mol. The van der Waals surface area contributed by atoms with E-state index in [1.165, 1.54) is 18.2 Å². The maximum Gasteiger partial charge on any atom is 0.246 e. The summed E-state index contributed by atoms with van der Waals surface area (Å²) in [5.41, 5.74) is 0.389. The minimum atomic E-state index is -2.89. The molecule has 2 heterocycles. The van der Waals surface area contributed by atoms with Crippen molar-refractivity contribution in [3.8, 4) is 0 Å². The zero-order valence-electron chi connectivity index (χ0n) is 13.4. The minimum Gasteiger partial charge on any atom is -0.337 e. The molecule has 0 bridgehead atoms. The molecule has 2 aliphatic rings. The second kappa shape index (κ2) is 7.03. The molecule has 130 valence electrons. The lowest BCUT2D eigenvalue weighted by Crippen LogP contribution is -2.52. The van der Waals surface area contributed by atoms with Gasteiger partial charge in [0.05, 0.1) is 11.5 Å². The fourth-order valence-corrected chi connectivity index (χ4v) is 5.01. The summed E-state index contributed by atoms with van der Waals surface area (Å²) < 4.78 is 36.7. The number of carbonyl (C=O) groups is 1. The van der Waals surface area contributed by atoms with Gasteiger partial charge in [0.15, 0.2) is 9.84 Å². The van der Waals surface area contributed by atoms with E-state index in [0.717, 1.165) is 0 Å². The Morgan fingerprint density at radius 2 is 1.88 bits per heavy atom. The summed E-state index contributed by atoms with van der Waals surface area (Å²) in [6.45, 7) is 2.49. The number of hydrogen-bond donors (Lipinski definition) is 0. The van der Waals surface area contributed by atoms with Crippen molar-refractivity contribution in [2.24, 2.45) is 0 Å². The zero-order chi connectivity index (χ0) is 17.2. The highest BCUT2D eigenvalue weighted by atomic mass is 32.2. The van der Waals surface area contributed by atoms with Gasteiger partial charge in [0, 0.05) is 43.9 Å². The molecule has 7 heteroatoms. The molecule has 0 unspecified atom stereocenters. The van der Waals surface area contributed by atoms with Gasteiger partial charge in [-0.15, -0.1) is 0 Å². The molecule has 1 amide bonds. The van der Waals surface area contributed by atoms with Crippen molar-refractivity contribution in [3.63, 3.8) is 0 Å². The van der Waals surface area contributed by atoms with Crippen LogP contribution in [-0.4, -0.2) is 67.9 Å². The van der Waals surface area contributed by atoms with Gasteiger partial charge in [-0.05, 0) is 18.6 Å². The molecule has 24 heavy (non-hydrogen) atoms. The molecular weight excluding hydrogens is 331 g/mol. The highest BCUT2D eigenvalue weighted by Gasteiger charge is 2.34. The van der Waals surface area contributed by atoms with E-state index in [9.17, 15) is 17.6 Å². The molecule has 2 saturated heterocycles. The number of hydrogen-bond acceptors (Lipinski definition) is 4. The molecule has 3 rings (SSSR count). The molecule has 0 spiro atoms. The van der Waals surface area contributed by atoms with Crippen molar-refractivity contribution in [3.05, 3.63) is 41.7 Å². The van der Waals surface area contributed by atoms with Gasteiger partial charge in [0.2, 0.25) is 5.91 Å². The van der Waals surface area contributed by atoms with Gasteiger partial charge in [-0.3, -0.25) is 9.69 Å². The number of halogens is 1. The summed E-state index contributed by atoms with van der Waals surface area (Å²) in [6, 6.07) is 6.40. The third kappa shape index (κ3) is 4.02. The van der Waals surface area contributed by atoms with Crippen LogP contribution in [-0.2, 0) is 14.6 Å². The Morgan fingerprint density at radius 1 is 1.17 bits per heavy atom. The van der Waals surface area contributed by atoms with E-state index in [1.54, 1.807) is 23.1 Å². The lowest BCUT2D eigenvalue weighted by atomic mass is 10.1. The van der Waals surface area contributed by atoms with E-state index in [0.29, 0.717) is 38.2 Å². The van der Waals surface area contributed by atoms with E-state index in [1.807, 2.05) is 0 Å². The summed E-state index contributed by atoms with van der Waals surface area (Å²) >= 11 is 0. The zero-order valence-corrected chi connectivity index (χ0v) is 14.2. The second-order valence-corrected chi connectivity index (χ2v) is 8.50. The van der Waals surface area contributed by atoms with Crippen molar-refractivity contribution < 1.29 is 17.6 Å². The van der Waals surface area contributed by atoms with Crippen LogP contribution in [0.25, 0.3) is 6.08 Å². The van der Waals surface area contributed by atoms with Crippen LogP contribution in [0.1, 0.15) is 12.0 Å². The van der Waals surface area contributed by atoms with Crippen molar-refractivity contribution in [1.29, 1.82) is 0 Å². The van der Waals surface area contributed by atoms with Crippen LogP contribution in [0.5, 0.6) is 0 Å². The third-order valence-electron chi connectivity index (χ3n) is 4.66. The largest absolute Gasteiger partial charge is 0.337 e. The topological polar surface area (TPSA) is 57.7 Å². The van der Waals surface area contributed by atoms with E-state index >= 15 is 0 Å². The molecule has 0 saturated carbocycles. The fraction of sp³-hybridized carbons (Fsp3) is 0.471. The van der Waals surface area contributed by atoms with Crippen LogP contribution in [0.15, 0.2) is 30.3 Å². The number of nitrogens with zero attached hydrogens (tertiary/aromatic N) is 2. The van der Waals surface area contributed by atoms with Crippen LogP contribution in [0, 0.1) is 5.82 Å². The minimum absolute atomic E-state index is 0.0845. The highest BCUT2D eigenvalue weighted by Crippen LogP contribution is 2.19. The molecule has 1 aromatic carbocycles. The molecule has 0 radical (unpaired) electrons. The Labute approximate surface area is 141 Å². The number of sulfone groups is 1. The molecule has 5 nitrogen and oxygen atoms in total. The number of rotatable bonds is 3. The predicted octanol–water partition coefficient (Wildman–Crippen LogP) is 1.17. The third-order valence-corrected chi connectivity index (χ3v) is 6.41. The fourth-order valence-electron chi connectivity index (χ4n) is 3.25. The van der Waals surface area contributed by atoms with Gasteiger partial charge >= 0.3 is 0 Å². The molecule has 0 aliphatic carbocycles. The van der Waals surface area contributed by atoms with Crippen molar-refractivity contribution >= 4 is 21.8 Å². The van der Waals surface area contributed by atoms with Crippen LogP contribution >= 0.6 is 0 Å². The lowest BCUT2D eigenvalue weighted by molar-refractivity contribution is -0.127. The molecule has 2 aliphatic heterocycles. The monoisotopic (exact) mass is 352 g/mol. The molecular formula is C17H21FN2O3S. The number of carbonyl (C=O) groups excluding carboxylic acids is 1. The van der Waals surface area contributed by atoms with E-state index < -0.39 is 9.84 Å². The van der Waals surface area contributed by atoms with Crippen LogP contribution in [0.2, 0.25) is 0 Å². The average molecular weight is 352 g/mol. The smallest absolute Gasteiger partial charge is 0.246 e. The summed E-state index contributed by atoms with van der Waals surface area (Å²) in [5, 5.41) is 0. The number of benzene rings is 1. The lowest BCUT2D eigenvalue weighted by Gasteiger charge is -2.37. The molecule has 0 aromatic heterocycles. The Balaban J connectivity index is 1.53. The summed E-state index contributed by atoms with van der Waals surface area (Å²) in [4.78, 5) is 16.1. The summed E-state index contributed by atoms with van der Waals surface area (Å²) in [5.74, 6) is 0.00168. The average Bonchev–Trinajstić information content (AvgIpc) is 2.94. The van der Waals surface area contributed by atoms with Crippen molar-refractivity contribution in [2.45, 2.75) is 12.5 Å². The van der Waals surface area contributed by atoms with Gasteiger partial charge in [0.25, 0.3) is 0 Å². The van der Waals surface area contributed by atoms with E-state index in [-0.39, 0.29) is 29.3 Å². The van der Waals surface area contributed by atoms with Gasteiger partial charge in [-0.1, -0.05) is 18.2 Å². The summed E-state index contributed by atoms with van der Waals surface area (Å²) in [6.07, 6.45) is 3.57. The van der Waals surface area contributed by atoms with Gasteiger partial charge in [-0.25, -0.2) is 12.8 Å². The van der Waals surface area contributed by atoms with Crippen LogP contribution in [0.4, 0.5) is 4.39 Å². The maximum absolute atomic E-state index is 13.5. The van der Waals surface area contributed by atoms with Crippen molar-refractivity contribution in [2.75, 3.05) is 37.7 Å². The standard InChI is InChI=1S/C17H21FN2O3S/c18-16-4-2-1-3-14(16)5-6-17(21)20-10-8-19(9-11-20)15-7-12-24(22,23)13-15/h1-6,15H,7-13H2/b6-5+/t15-/m0/s1. The quantitative estimate of drug-likeness (QED) is 0.767. The molecule has 2 fully saturated rings. The SMILES string of the molecule is O=C(/C=C/c1ccccc1F)N1CCN([C@H]2CCS(=O)(=O)C2)CC1. The molecule has 0 N–H and O–H groups in total. The Kier molecular flexibility index (Phi) is 5.01. The Bertz CT molecular complexity index is 740. The van der Waals surface area contributed by atoms with Gasteiger partial charge in [-0.2, -0.15) is 0 Å².